The third-order valence-electron chi connectivity index (χ3n) is 1.43. The predicted molar refractivity (Wildman–Crippen MR) is 58.4 cm³/mol. The number of rotatable bonds is 5. The van der Waals surface area contributed by atoms with E-state index in [-0.39, 0.29) is 0 Å². The number of sulfonamides is 1. The minimum absolute atomic E-state index is 0.292. The minimum atomic E-state index is -3.14. The van der Waals surface area contributed by atoms with Gasteiger partial charge < -0.3 is 5.32 Å². The summed E-state index contributed by atoms with van der Waals surface area (Å²) in [5, 5.41) is 3.23. The molecule has 0 atom stereocenters. The van der Waals surface area contributed by atoms with Gasteiger partial charge >= 0.3 is 0 Å². The molecule has 15 heavy (non-hydrogen) atoms. The van der Waals surface area contributed by atoms with Crippen LogP contribution in [0.15, 0.2) is 12.4 Å². The van der Waals surface area contributed by atoms with E-state index in [2.05, 4.69) is 20.0 Å². The van der Waals surface area contributed by atoms with Crippen LogP contribution in [-0.2, 0) is 10.0 Å². The molecule has 1 aromatic heterocycles. The fourth-order valence-electron chi connectivity index (χ4n) is 0.857. The van der Waals surface area contributed by atoms with Crippen molar-refractivity contribution in [3.05, 3.63) is 17.5 Å². The fourth-order valence-corrected chi connectivity index (χ4v) is 1.48. The molecule has 1 rings (SSSR count). The van der Waals surface area contributed by atoms with Crippen LogP contribution in [0, 0.1) is 0 Å². The topological polar surface area (TPSA) is 84.0 Å². The van der Waals surface area contributed by atoms with Crippen molar-refractivity contribution in [1.82, 2.24) is 14.7 Å². The van der Waals surface area contributed by atoms with Crippen LogP contribution >= 0.6 is 11.6 Å². The maximum Gasteiger partial charge on any atom is 0.208 e. The molecule has 0 aliphatic heterocycles. The molecule has 0 aliphatic carbocycles. The second kappa shape index (κ2) is 5.24. The third-order valence-corrected chi connectivity index (χ3v) is 2.36. The number of nitrogens with one attached hydrogen (secondary N) is 2. The summed E-state index contributed by atoms with van der Waals surface area (Å²) < 4.78 is 23.8. The van der Waals surface area contributed by atoms with E-state index in [4.69, 9.17) is 11.6 Å². The monoisotopic (exact) mass is 250 g/mol. The molecule has 1 aromatic rings. The van der Waals surface area contributed by atoms with Gasteiger partial charge in [0.15, 0.2) is 0 Å². The number of hydrogen-bond acceptors (Lipinski definition) is 5. The molecule has 0 spiro atoms. The molecular formula is C7H11ClN4O2S. The molecule has 0 saturated carbocycles. The highest BCUT2D eigenvalue weighted by Crippen LogP contribution is 2.07. The molecule has 0 saturated heterocycles. The Morgan fingerprint density at radius 1 is 1.40 bits per heavy atom. The number of aromatic nitrogens is 2. The highest BCUT2D eigenvalue weighted by molar-refractivity contribution is 7.88. The molecule has 1 heterocycles. The molecule has 8 heteroatoms. The lowest BCUT2D eigenvalue weighted by Crippen LogP contribution is -2.27. The van der Waals surface area contributed by atoms with E-state index in [0.29, 0.717) is 24.1 Å². The Balaban J connectivity index is 2.32. The van der Waals surface area contributed by atoms with Crippen molar-refractivity contribution in [3.63, 3.8) is 0 Å². The zero-order chi connectivity index (χ0) is 11.3. The molecule has 0 aromatic carbocycles. The summed E-state index contributed by atoms with van der Waals surface area (Å²) in [6, 6.07) is 1.56. The first-order valence-electron chi connectivity index (χ1n) is 4.13. The second-order valence-electron chi connectivity index (χ2n) is 2.82. The molecule has 84 valence electrons. The van der Waals surface area contributed by atoms with Gasteiger partial charge in [-0.2, -0.15) is 0 Å². The SMILES string of the molecule is CS(=O)(=O)NCCNc1cc(Cl)ncn1. The lowest BCUT2D eigenvalue weighted by Gasteiger charge is -2.05. The fraction of sp³-hybridized carbons (Fsp3) is 0.429. The smallest absolute Gasteiger partial charge is 0.208 e. The molecule has 0 aliphatic rings. The number of halogens is 1. The molecular weight excluding hydrogens is 240 g/mol. The first-order chi connectivity index (χ1) is 6.97. The van der Waals surface area contributed by atoms with Crippen molar-refractivity contribution in [2.24, 2.45) is 0 Å². The maximum absolute atomic E-state index is 10.7. The van der Waals surface area contributed by atoms with Crippen molar-refractivity contribution in [3.8, 4) is 0 Å². The van der Waals surface area contributed by atoms with Gasteiger partial charge in [-0.15, -0.1) is 0 Å². The van der Waals surface area contributed by atoms with Gasteiger partial charge in [-0.25, -0.2) is 23.1 Å². The number of anilines is 1. The molecule has 0 amide bonds. The summed E-state index contributed by atoms with van der Waals surface area (Å²) in [5.41, 5.74) is 0. The van der Waals surface area contributed by atoms with Gasteiger partial charge in [0, 0.05) is 19.2 Å². The lowest BCUT2D eigenvalue weighted by atomic mass is 10.5. The van der Waals surface area contributed by atoms with E-state index in [1.807, 2.05) is 0 Å². The average molecular weight is 251 g/mol. The summed E-state index contributed by atoms with van der Waals surface area (Å²) in [4.78, 5) is 7.60. The van der Waals surface area contributed by atoms with E-state index in [1.54, 1.807) is 6.07 Å². The average Bonchev–Trinajstić information content (AvgIpc) is 2.11. The van der Waals surface area contributed by atoms with Crippen LogP contribution < -0.4 is 10.0 Å². The van der Waals surface area contributed by atoms with Crippen LogP contribution in [0.2, 0.25) is 5.15 Å². The highest BCUT2D eigenvalue weighted by Gasteiger charge is 1.99. The van der Waals surface area contributed by atoms with Crippen LogP contribution in [-0.4, -0.2) is 37.7 Å². The maximum atomic E-state index is 10.7. The summed E-state index contributed by atoms with van der Waals surface area (Å²) in [6.45, 7) is 0.723. The molecule has 0 fully saturated rings. The first kappa shape index (κ1) is 12.2. The first-order valence-corrected chi connectivity index (χ1v) is 6.40. The molecule has 6 nitrogen and oxygen atoms in total. The van der Waals surface area contributed by atoms with Gasteiger partial charge in [-0.1, -0.05) is 11.6 Å². The second-order valence-corrected chi connectivity index (χ2v) is 5.04. The van der Waals surface area contributed by atoms with Crippen molar-refractivity contribution in [1.29, 1.82) is 0 Å². The van der Waals surface area contributed by atoms with Crippen LogP contribution in [0.5, 0.6) is 0 Å². The lowest BCUT2D eigenvalue weighted by molar-refractivity contribution is 0.589. The third kappa shape index (κ3) is 5.50. The van der Waals surface area contributed by atoms with E-state index in [9.17, 15) is 8.42 Å². The summed E-state index contributed by atoms with van der Waals surface area (Å²) in [5.74, 6) is 0.560. The predicted octanol–water partition coefficient (Wildman–Crippen LogP) is 0.0911. The van der Waals surface area contributed by atoms with E-state index in [1.165, 1.54) is 6.33 Å². The van der Waals surface area contributed by atoms with Gasteiger partial charge in [0.2, 0.25) is 10.0 Å². The normalized spacial score (nSPS) is 11.3. The molecule has 2 N–H and O–H groups in total. The van der Waals surface area contributed by atoms with E-state index < -0.39 is 10.0 Å². The Hall–Kier alpha value is -0.920. The summed E-state index contributed by atoms with van der Waals surface area (Å²) in [7, 11) is -3.14. The zero-order valence-corrected chi connectivity index (χ0v) is 9.64. The van der Waals surface area contributed by atoms with Gasteiger partial charge in [0.25, 0.3) is 0 Å². The van der Waals surface area contributed by atoms with Crippen molar-refractivity contribution >= 4 is 27.4 Å². The quantitative estimate of drug-likeness (QED) is 0.572. The summed E-state index contributed by atoms with van der Waals surface area (Å²) in [6.07, 6.45) is 2.43. The number of hydrogen-bond donors (Lipinski definition) is 2. The largest absolute Gasteiger partial charge is 0.369 e. The summed E-state index contributed by atoms with van der Waals surface area (Å²) >= 11 is 5.63. The Bertz CT molecular complexity index is 423. The van der Waals surface area contributed by atoms with E-state index in [0.717, 1.165) is 6.26 Å². The van der Waals surface area contributed by atoms with Crippen molar-refractivity contribution in [2.45, 2.75) is 0 Å². The van der Waals surface area contributed by atoms with Crippen LogP contribution in [0.25, 0.3) is 0 Å². The van der Waals surface area contributed by atoms with E-state index >= 15 is 0 Å². The standard InChI is InChI=1S/C7H11ClN4O2S/c1-15(13,14)12-3-2-9-7-4-6(8)10-5-11-7/h4-5,12H,2-3H2,1H3,(H,9,10,11). The molecule has 0 unspecified atom stereocenters. The van der Waals surface area contributed by atoms with Crippen LogP contribution in [0.1, 0.15) is 0 Å². The number of nitrogens with zero attached hydrogens (tertiary/aromatic N) is 2. The Labute approximate surface area is 93.1 Å². The van der Waals surface area contributed by atoms with Crippen LogP contribution in [0.4, 0.5) is 5.82 Å². The van der Waals surface area contributed by atoms with Gasteiger partial charge in [-0.05, 0) is 0 Å². The Morgan fingerprint density at radius 3 is 2.73 bits per heavy atom. The van der Waals surface area contributed by atoms with Gasteiger partial charge in [0.05, 0.1) is 6.26 Å². The van der Waals surface area contributed by atoms with Crippen molar-refractivity contribution < 1.29 is 8.42 Å². The highest BCUT2D eigenvalue weighted by atomic mass is 35.5. The van der Waals surface area contributed by atoms with Gasteiger partial charge in [0.1, 0.15) is 17.3 Å². The molecule has 0 radical (unpaired) electrons. The van der Waals surface area contributed by atoms with Crippen molar-refractivity contribution in [2.75, 3.05) is 24.7 Å². The van der Waals surface area contributed by atoms with Crippen LogP contribution in [0.3, 0.4) is 0 Å². The molecule has 0 bridgehead atoms. The Kier molecular flexibility index (Phi) is 4.25. The minimum Gasteiger partial charge on any atom is -0.369 e. The zero-order valence-electron chi connectivity index (χ0n) is 8.07. The van der Waals surface area contributed by atoms with Gasteiger partial charge in [-0.3, -0.25) is 0 Å². The Morgan fingerprint density at radius 2 is 2.13 bits per heavy atom.